The van der Waals surface area contributed by atoms with Gasteiger partial charge in [-0.3, -0.25) is 14.9 Å². The van der Waals surface area contributed by atoms with Crippen LogP contribution in [0.25, 0.3) is 16.9 Å². The predicted molar refractivity (Wildman–Crippen MR) is 110 cm³/mol. The van der Waals surface area contributed by atoms with Gasteiger partial charge in [0, 0.05) is 29.6 Å². The molecule has 0 saturated carbocycles. The topological polar surface area (TPSA) is 90.1 Å². The first kappa shape index (κ1) is 19.0. The van der Waals surface area contributed by atoms with Crippen LogP contribution in [0, 0.1) is 15.9 Å². The number of rotatable bonds is 5. The van der Waals surface area contributed by atoms with Crippen molar-refractivity contribution in [2.75, 3.05) is 5.32 Å². The number of nitro benzene ring substituents is 1. The molecular formula is C22H15FN4O3. The van der Waals surface area contributed by atoms with E-state index in [0.29, 0.717) is 16.9 Å². The van der Waals surface area contributed by atoms with Crippen LogP contribution in [0.3, 0.4) is 0 Å². The van der Waals surface area contributed by atoms with E-state index in [9.17, 15) is 19.3 Å². The van der Waals surface area contributed by atoms with Gasteiger partial charge in [0.1, 0.15) is 11.5 Å². The van der Waals surface area contributed by atoms with Crippen molar-refractivity contribution in [3.8, 4) is 16.9 Å². The monoisotopic (exact) mass is 402 g/mol. The molecular weight excluding hydrogens is 387 g/mol. The minimum atomic E-state index is -0.512. The fraction of sp³-hybridized carbons (Fsp3) is 0. The number of para-hydroxylation sites is 1. The van der Waals surface area contributed by atoms with Crippen LogP contribution < -0.4 is 5.32 Å². The predicted octanol–water partition coefficient (Wildman–Crippen LogP) is 4.84. The zero-order valence-electron chi connectivity index (χ0n) is 15.5. The normalized spacial score (nSPS) is 10.6. The lowest BCUT2D eigenvalue weighted by molar-refractivity contribution is -0.384. The van der Waals surface area contributed by atoms with Gasteiger partial charge in [-0.1, -0.05) is 18.2 Å². The molecule has 0 radical (unpaired) electrons. The quantitative estimate of drug-likeness (QED) is 0.382. The number of anilines is 1. The second-order valence-electron chi connectivity index (χ2n) is 6.44. The molecule has 0 bridgehead atoms. The minimum Gasteiger partial charge on any atom is -0.322 e. The molecule has 0 spiro atoms. The third-order valence-corrected chi connectivity index (χ3v) is 4.43. The van der Waals surface area contributed by atoms with Gasteiger partial charge in [0.25, 0.3) is 11.6 Å². The van der Waals surface area contributed by atoms with Gasteiger partial charge in [0.2, 0.25) is 0 Å². The summed E-state index contributed by atoms with van der Waals surface area (Å²) in [5.74, 6) is -0.830. The van der Waals surface area contributed by atoms with E-state index in [0.717, 1.165) is 5.69 Å². The van der Waals surface area contributed by atoms with Crippen molar-refractivity contribution >= 4 is 17.3 Å². The van der Waals surface area contributed by atoms with Crippen molar-refractivity contribution < 1.29 is 14.1 Å². The number of nitro groups is 1. The Bertz CT molecular complexity index is 1200. The van der Waals surface area contributed by atoms with E-state index in [1.807, 2.05) is 30.3 Å². The number of benzene rings is 3. The molecule has 0 atom stereocenters. The van der Waals surface area contributed by atoms with E-state index < -0.39 is 16.6 Å². The highest BCUT2D eigenvalue weighted by Crippen LogP contribution is 2.25. The average Bonchev–Trinajstić information content (AvgIpc) is 3.21. The molecule has 3 aromatic carbocycles. The first-order chi connectivity index (χ1) is 14.5. The summed E-state index contributed by atoms with van der Waals surface area (Å²) in [6.45, 7) is 0. The molecule has 0 aliphatic heterocycles. The van der Waals surface area contributed by atoms with Crippen LogP contribution in [0.4, 0.5) is 15.8 Å². The number of nitrogens with one attached hydrogen (secondary N) is 1. The largest absolute Gasteiger partial charge is 0.322 e. The van der Waals surface area contributed by atoms with Crippen LogP contribution in [0.5, 0.6) is 0 Å². The van der Waals surface area contributed by atoms with Crippen LogP contribution in [-0.4, -0.2) is 20.6 Å². The average molecular weight is 402 g/mol. The van der Waals surface area contributed by atoms with Crippen molar-refractivity contribution in [2.45, 2.75) is 0 Å². The zero-order chi connectivity index (χ0) is 21.1. The molecule has 30 heavy (non-hydrogen) atoms. The Morgan fingerprint density at radius 2 is 1.63 bits per heavy atom. The van der Waals surface area contributed by atoms with Crippen molar-refractivity contribution in [2.24, 2.45) is 0 Å². The molecule has 1 amide bonds. The van der Waals surface area contributed by atoms with Gasteiger partial charge in [0.05, 0.1) is 16.2 Å². The van der Waals surface area contributed by atoms with Gasteiger partial charge in [-0.15, -0.1) is 0 Å². The molecule has 148 valence electrons. The van der Waals surface area contributed by atoms with E-state index in [4.69, 9.17) is 0 Å². The molecule has 7 nitrogen and oxygen atoms in total. The number of non-ortho nitro benzene ring substituents is 1. The Kier molecular flexibility index (Phi) is 5.04. The molecule has 1 aromatic heterocycles. The number of nitrogens with zero attached hydrogens (tertiary/aromatic N) is 3. The lowest BCUT2D eigenvalue weighted by atomic mass is 10.1. The second kappa shape index (κ2) is 7.96. The molecule has 4 aromatic rings. The highest BCUT2D eigenvalue weighted by atomic mass is 19.1. The summed E-state index contributed by atoms with van der Waals surface area (Å²) in [6, 6.07) is 20.5. The fourth-order valence-electron chi connectivity index (χ4n) is 2.94. The summed E-state index contributed by atoms with van der Waals surface area (Å²) in [6.07, 6.45) is 1.59. The van der Waals surface area contributed by atoms with Crippen molar-refractivity contribution in [1.29, 1.82) is 0 Å². The summed E-state index contributed by atoms with van der Waals surface area (Å²) in [5, 5.41) is 18.0. The van der Waals surface area contributed by atoms with Crippen LogP contribution in [0.2, 0.25) is 0 Å². The van der Waals surface area contributed by atoms with Crippen LogP contribution in [0.1, 0.15) is 10.4 Å². The Hall–Kier alpha value is -4.33. The number of hydrogen-bond acceptors (Lipinski definition) is 4. The Morgan fingerprint density at radius 3 is 2.27 bits per heavy atom. The Morgan fingerprint density at radius 1 is 0.967 bits per heavy atom. The Balaban J connectivity index is 1.71. The van der Waals surface area contributed by atoms with Gasteiger partial charge in [-0.05, 0) is 48.5 Å². The summed E-state index contributed by atoms with van der Waals surface area (Å²) in [4.78, 5) is 23.3. The number of aromatic nitrogens is 2. The van der Waals surface area contributed by atoms with Gasteiger partial charge >= 0.3 is 0 Å². The van der Waals surface area contributed by atoms with Crippen molar-refractivity contribution in [3.05, 3.63) is 107 Å². The maximum Gasteiger partial charge on any atom is 0.269 e. The van der Waals surface area contributed by atoms with Crippen LogP contribution in [-0.2, 0) is 0 Å². The maximum atomic E-state index is 13.4. The van der Waals surface area contributed by atoms with Gasteiger partial charge in [-0.2, -0.15) is 5.10 Å². The zero-order valence-corrected chi connectivity index (χ0v) is 15.5. The third kappa shape index (κ3) is 3.93. The van der Waals surface area contributed by atoms with Crippen molar-refractivity contribution in [1.82, 2.24) is 9.78 Å². The number of hydrogen-bond donors (Lipinski definition) is 1. The summed E-state index contributed by atoms with van der Waals surface area (Å²) in [7, 11) is 0. The SMILES string of the molecule is O=C(Nc1ccc([N+](=O)[O-])cc1)c1cn(-c2ccccc2)nc1-c1ccc(F)cc1. The molecule has 1 heterocycles. The summed E-state index contributed by atoms with van der Waals surface area (Å²) >= 11 is 0. The third-order valence-electron chi connectivity index (χ3n) is 4.43. The van der Waals surface area contributed by atoms with Gasteiger partial charge < -0.3 is 5.32 Å². The molecule has 0 fully saturated rings. The standard InChI is InChI=1S/C22H15FN4O3/c23-16-8-6-15(7-9-16)21-20(14-26(25-21)18-4-2-1-3-5-18)22(28)24-17-10-12-19(13-11-17)27(29)30/h1-14H,(H,24,28). The maximum absolute atomic E-state index is 13.4. The van der Waals surface area contributed by atoms with E-state index in [2.05, 4.69) is 10.4 Å². The van der Waals surface area contributed by atoms with E-state index in [-0.39, 0.29) is 11.3 Å². The lowest BCUT2D eigenvalue weighted by Crippen LogP contribution is -2.12. The number of halogens is 1. The first-order valence-electron chi connectivity index (χ1n) is 8.98. The lowest BCUT2D eigenvalue weighted by Gasteiger charge is -2.05. The van der Waals surface area contributed by atoms with Crippen LogP contribution >= 0.6 is 0 Å². The summed E-state index contributed by atoms with van der Waals surface area (Å²) < 4.78 is 14.9. The molecule has 1 N–H and O–H groups in total. The highest BCUT2D eigenvalue weighted by Gasteiger charge is 2.19. The minimum absolute atomic E-state index is 0.0723. The highest BCUT2D eigenvalue weighted by molar-refractivity contribution is 6.08. The van der Waals surface area contributed by atoms with E-state index >= 15 is 0 Å². The summed E-state index contributed by atoms with van der Waals surface area (Å²) in [5.41, 5.74) is 2.34. The molecule has 0 aliphatic carbocycles. The molecule has 8 heteroatoms. The second-order valence-corrected chi connectivity index (χ2v) is 6.44. The fourth-order valence-corrected chi connectivity index (χ4v) is 2.94. The number of amides is 1. The molecule has 0 unspecified atom stereocenters. The van der Waals surface area contributed by atoms with Crippen LogP contribution in [0.15, 0.2) is 85.1 Å². The van der Waals surface area contributed by atoms with Gasteiger partial charge in [0.15, 0.2) is 0 Å². The first-order valence-corrected chi connectivity index (χ1v) is 8.98. The van der Waals surface area contributed by atoms with E-state index in [1.165, 1.54) is 36.4 Å². The van der Waals surface area contributed by atoms with Crippen molar-refractivity contribution in [3.63, 3.8) is 0 Å². The number of carbonyl (C=O) groups is 1. The molecule has 0 saturated heterocycles. The van der Waals surface area contributed by atoms with Gasteiger partial charge in [-0.25, -0.2) is 9.07 Å². The molecule has 0 aliphatic rings. The number of carbonyl (C=O) groups excluding carboxylic acids is 1. The molecule has 4 rings (SSSR count). The smallest absolute Gasteiger partial charge is 0.269 e. The Labute approximate surface area is 170 Å². The van der Waals surface area contributed by atoms with E-state index in [1.54, 1.807) is 23.0 Å².